The lowest BCUT2D eigenvalue weighted by molar-refractivity contribution is -0.145. The molecule has 146 valence electrons. The van der Waals surface area contributed by atoms with Gasteiger partial charge in [0.05, 0.1) is 12.3 Å². The molecule has 0 aromatic heterocycles. The molecule has 1 amide bonds. The number of carbonyl (C=O) groups excluding carboxylic acids is 3. The Bertz CT molecular complexity index is 683. The van der Waals surface area contributed by atoms with Gasteiger partial charge in [-0.1, -0.05) is 18.6 Å². The van der Waals surface area contributed by atoms with Crippen molar-refractivity contribution in [2.75, 3.05) is 18.5 Å². The molecule has 1 aliphatic heterocycles. The Labute approximate surface area is 159 Å². The van der Waals surface area contributed by atoms with Crippen LogP contribution in [0.3, 0.4) is 0 Å². The summed E-state index contributed by atoms with van der Waals surface area (Å²) in [5.74, 6) is -0.641. The van der Waals surface area contributed by atoms with Crippen LogP contribution in [-0.4, -0.2) is 36.5 Å². The first-order chi connectivity index (χ1) is 13.0. The van der Waals surface area contributed by atoms with Gasteiger partial charge >= 0.3 is 5.97 Å². The fourth-order valence-corrected chi connectivity index (χ4v) is 2.72. The molecule has 27 heavy (non-hydrogen) atoms. The molecular weight excluding hydrogens is 346 g/mol. The molecule has 7 heteroatoms. The summed E-state index contributed by atoms with van der Waals surface area (Å²) in [6, 6.07) is 8.05. The second-order valence-electron chi connectivity index (χ2n) is 6.61. The van der Waals surface area contributed by atoms with Gasteiger partial charge in [-0.25, -0.2) is 5.43 Å². The highest BCUT2D eigenvalue weighted by molar-refractivity contribution is 6.04. The van der Waals surface area contributed by atoms with E-state index in [1.54, 1.807) is 0 Å². The number of ether oxygens (including phenoxy) is 1. The molecule has 1 aromatic carbocycles. The Balaban J connectivity index is 1.55. The summed E-state index contributed by atoms with van der Waals surface area (Å²) in [5, 5.41) is 7.48. The van der Waals surface area contributed by atoms with E-state index in [1.807, 2.05) is 24.3 Å². The van der Waals surface area contributed by atoms with Crippen molar-refractivity contribution < 1.29 is 19.1 Å². The van der Waals surface area contributed by atoms with E-state index in [4.69, 9.17) is 4.74 Å². The molecule has 1 aromatic rings. The van der Waals surface area contributed by atoms with Gasteiger partial charge in [-0.3, -0.25) is 14.4 Å². The van der Waals surface area contributed by atoms with Gasteiger partial charge in [-0.15, -0.1) is 0 Å². The Morgan fingerprint density at radius 3 is 2.52 bits per heavy atom. The van der Waals surface area contributed by atoms with E-state index in [-0.39, 0.29) is 18.1 Å². The molecule has 0 aliphatic carbocycles. The van der Waals surface area contributed by atoms with E-state index in [0.717, 1.165) is 49.2 Å². The van der Waals surface area contributed by atoms with Crippen LogP contribution in [0.1, 0.15) is 57.4 Å². The van der Waals surface area contributed by atoms with Gasteiger partial charge in [0, 0.05) is 25.1 Å². The second kappa shape index (κ2) is 11.1. The first-order valence-corrected chi connectivity index (χ1v) is 9.39. The van der Waals surface area contributed by atoms with Crippen LogP contribution in [0, 0.1) is 0 Å². The minimum atomic E-state index is -0.436. The van der Waals surface area contributed by atoms with E-state index < -0.39 is 5.97 Å². The standard InChI is InChI=1S/C20H27N3O4/c1-15(24)14-20(26)27-13-5-3-2-4-12-21-17-8-6-16(7-9-17)18-10-11-19(25)23-22-18/h6-9,21H,2-5,10-14H2,1H3,(H,23,25). The van der Waals surface area contributed by atoms with Gasteiger partial charge in [0.25, 0.3) is 0 Å². The zero-order chi connectivity index (χ0) is 19.5. The third kappa shape index (κ3) is 8.02. The number of unbranched alkanes of at least 4 members (excludes halogenated alkanes) is 3. The number of rotatable bonds is 11. The SMILES string of the molecule is CC(=O)CC(=O)OCCCCCCNc1ccc(C2=NNC(=O)CC2)cc1. The summed E-state index contributed by atoms with van der Waals surface area (Å²) >= 11 is 0. The Morgan fingerprint density at radius 1 is 1.11 bits per heavy atom. The van der Waals surface area contributed by atoms with E-state index in [9.17, 15) is 14.4 Å². The average molecular weight is 373 g/mol. The third-order valence-corrected chi connectivity index (χ3v) is 4.18. The van der Waals surface area contributed by atoms with Crippen LogP contribution in [-0.2, 0) is 19.1 Å². The van der Waals surface area contributed by atoms with Gasteiger partial charge in [0.1, 0.15) is 12.2 Å². The number of nitrogens with zero attached hydrogens (tertiary/aromatic N) is 1. The molecule has 1 aliphatic rings. The van der Waals surface area contributed by atoms with Crippen molar-refractivity contribution in [1.82, 2.24) is 5.43 Å². The zero-order valence-corrected chi connectivity index (χ0v) is 15.8. The minimum absolute atomic E-state index is 0.0359. The van der Waals surface area contributed by atoms with Crippen molar-refractivity contribution in [2.45, 2.75) is 51.9 Å². The van der Waals surface area contributed by atoms with Gasteiger partial charge in [-0.2, -0.15) is 5.10 Å². The lowest BCUT2D eigenvalue weighted by Gasteiger charge is -2.13. The molecule has 0 radical (unpaired) electrons. The van der Waals surface area contributed by atoms with Crippen LogP contribution >= 0.6 is 0 Å². The summed E-state index contributed by atoms with van der Waals surface area (Å²) < 4.78 is 4.99. The Kier molecular flexibility index (Phi) is 8.48. The molecule has 0 saturated heterocycles. The number of hydrazone groups is 1. The molecule has 7 nitrogen and oxygen atoms in total. The number of benzene rings is 1. The average Bonchev–Trinajstić information content (AvgIpc) is 2.64. The fourth-order valence-electron chi connectivity index (χ4n) is 2.72. The minimum Gasteiger partial charge on any atom is -0.465 e. The normalized spacial score (nSPS) is 13.5. The number of carbonyl (C=O) groups is 3. The number of anilines is 1. The van der Waals surface area contributed by atoms with Crippen molar-refractivity contribution in [2.24, 2.45) is 5.10 Å². The highest BCUT2D eigenvalue weighted by Crippen LogP contribution is 2.14. The van der Waals surface area contributed by atoms with Gasteiger partial charge < -0.3 is 10.1 Å². The predicted molar refractivity (Wildman–Crippen MR) is 104 cm³/mol. The van der Waals surface area contributed by atoms with Crippen LogP contribution < -0.4 is 10.7 Å². The van der Waals surface area contributed by atoms with Crippen LogP contribution in [0.25, 0.3) is 0 Å². The smallest absolute Gasteiger partial charge is 0.313 e. The van der Waals surface area contributed by atoms with Crippen molar-refractivity contribution in [3.63, 3.8) is 0 Å². The first kappa shape index (κ1) is 20.6. The summed E-state index contributed by atoms with van der Waals surface area (Å²) in [7, 11) is 0. The molecule has 0 atom stereocenters. The number of hydrogen-bond donors (Lipinski definition) is 2. The van der Waals surface area contributed by atoms with Crippen LogP contribution in [0.15, 0.2) is 29.4 Å². The van der Waals surface area contributed by atoms with Gasteiger partial charge in [0.15, 0.2) is 0 Å². The molecule has 0 saturated carbocycles. The topological polar surface area (TPSA) is 96.9 Å². The van der Waals surface area contributed by atoms with Crippen LogP contribution in [0.4, 0.5) is 5.69 Å². The van der Waals surface area contributed by atoms with Crippen LogP contribution in [0.2, 0.25) is 0 Å². The number of esters is 1. The number of hydrogen-bond acceptors (Lipinski definition) is 6. The monoisotopic (exact) mass is 373 g/mol. The molecule has 0 bridgehead atoms. The fraction of sp³-hybridized carbons (Fsp3) is 0.500. The van der Waals surface area contributed by atoms with E-state index >= 15 is 0 Å². The maximum Gasteiger partial charge on any atom is 0.313 e. The Morgan fingerprint density at radius 2 is 1.85 bits per heavy atom. The maximum atomic E-state index is 11.2. The molecule has 2 N–H and O–H groups in total. The highest BCUT2D eigenvalue weighted by Gasteiger charge is 2.12. The van der Waals surface area contributed by atoms with Crippen LogP contribution in [0.5, 0.6) is 0 Å². The lowest BCUT2D eigenvalue weighted by Crippen LogP contribution is -2.25. The predicted octanol–water partition coefficient (Wildman–Crippen LogP) is 2.80. The van der Waals surface area contributed by atoms with Crippen molar-refractivity contribution >= 4 is 29.1 Å². The van der Waals surface area contributed by atoms with Crippen molar-refractivity contribution in [3.05, 3.63) is 29.8 Å². The number of ketones is 1. The number of amides is 1. The summed E-state index contributed by atoms with van der Waals surface area (Å²) in [4.78, 5) is 33.1. The van der Waals surface area contributed by atoms with E-state index in [2.05, 4.69) is 15.8 Å². The highest BCUT2D eigenvalue weighted by atomic mass is 16.5. The molecule has 0 fully saturated rings. The number of nitrogens with one attached hydrogen (secondary N) is 2. The quantitative estimate of drug-likeness (QED) is 0.353. The van der Waals surface area contributed by atoms with E-state index in [0.29, 0.717) is 19.4 Å². The molecule has 1 heterocycles. The molecular formula is C20H27N3O4. The Hall–Kier alpha value is -2.70. The largest absolute Gasteiger partial charge is 0.465 e. The van der Waals surface area contributed by atoms with Gasteiger partial charge in [0.2, 0.25) is 5.91 Å². The molecule has 0 spiro atoms. The molecule has 2 rings (SSSR count). The molecule has 0 unspecified atom stereocenters. The number of Topliss-reactive ketones (excluding diaryl/α,β-unsaturated/α-hetero) is 1. The van der Waals surface area contributed by atoms with E-state index in [1.165, 1.54) is 6.92 Å². The summed E-state index contributed by atoms with van der Waals surface area (Å²) in [6.45, 7) is 2.64. The summed E-state index contributed by atoms with van der Waals surface area (Å²) in [6.07, 6.45) is 4.90. The first-order valence-electron chi connectivity index (χ1n) is 9.39. The van der Waals surface area contributed by atoms with Crippen molar-refractivity contribution in [3.8, 4) is 0 Å². The zero-order valence-electron chi connectivity index (χ0n) is 15.8. The lowest BCUT2D eigenvalue weighted by atomic mass is 10.0. The van der Waals surface area contributed by atoms with Gasteiger partial charge in [-0.05, 0) is 43.9 Å². The van der Waals surface area contributed by atoms with Crippen molar-refractivity contribution in [1.29, 1.82) is 0 Å². The third-order valence-electron chi connectivity index (χ3n) is 4.18. The maximum absolute atomic E-state index is 11.2. The summed E-state index contributed by atoms with van der Waals surface area (Å²) in [5.41, 5.74) is 5.50. The second-order valence-corrected chi connectivity index (χ2v) is 6.61.